The van der Waals surface area contributed by atoms with Gasteiger partial charge < -0.3 is 10.1 Å². The Kier molecular flexibility index (Phi) is 6.44. The number of amides is 2. The van der Waals surface area contributed by atoms with Gasteiger partial charge in [-0.1, -0.05) is 35.9 Å². The first-order valence-corrected chi connectivity index (χ1v) is 11.2. The summed E-state index contributed by atoms with van der Waals surface area (Å²) >= 11 is 0. The van der Waals surface area contributed by atoms with Crippen LogP contribution in [0.1, 0.15) is 27.8 Å². The number of anilines is 1. The maximum Gasteiger partial charge on any atom is 0.278 e. The summed E-state index contributed by atoms with van der Waals surface area (Å²) in [5.74, 6) is -0.504. The van der Waals surface area contributed by atoms with Gasteiger partial charge in [-0.3, -0.25) is 19.4 Å². The highest BCUT2D eigenvalue weighted by atomic mass is 16.5. The largest absolute Gasteiger partial charge is 0.379 e. The number of hydrogen-bond donors (Lipinski definition) is 1. The third-order valence-corrected chi connectivity index (χ3v) is 6.35. The molecule has 32 heavy (non-hydrogen) atoms. The van der Waals surface area contributed by atoms with Crippen LogP contribution in [0.25, 0.3) is 5.57 Å². The SMILES string of the molecule is Cc1ccc(NC2=C(c3ccc(C)c(C)c3)C(=O)N(CCN3CCOCC3)C2=O)c(C)c1. The van der Waals surface area contributed by atoms with Gasteiger partial charge in [0.1, 0.15) is 5.70 Å². The molecule has 1 N–H and O–H groups in total. The Morgan fingerprint density at radius 2 is 1.59 bits per heavy atom. The third-order valence-electron chi connectivity index (χ3n) is 6.35. The molecule has 0 aliphatic carbocycles. The van der Waals surface area contributed by atoms with E-state index in [2.05, 4.69) is 16.3 Å². The number of carbonyl (C=O) groups excluding carboxylic acids is 2. The smallest absolute Gasteiger partial charge is 0.278 e. The van der Waals surface area contributed by atoms with E-state index in [1.54, 1.807) is 0 Å². The van der Waals surface area contributed by atoms with Crippen LogP contribution in [0.5, 0.6) is 0 Å². The number of nitrogens with one attached hydrogen (secondary N) is 1. The van der Waals surface area contributed by atoms with E-state index in [0.717, 1.165) is 46.6 Å². The second-order valence-corrected chi connectivity index (χ2v) is 8.71. The van der Waals surface area contributed by atoms with Crippen LogP contribution in [0.3, 0.4) is 0 Å². The molecule has 2 amide bonds. The summed E-state index contributed by atoms with van der Waals surface area (Å²) in [6, 6.07) is 12.0. The first-order valence-electron chi connectivity index (χ1n) is 11.2. The third kappa shape index (κ3) is 4.47. The Balaban J connectivity index is 1.67. The van der Waals surface area contributed by atoms with Crippen LogP contribution in [0, 0.1) is 27.7 Å². The molecule has 0 atom stereocenters. The van der Waals surface area contributed by atoms with E-state index in [9.17, 15) is 9.59 Å². The predicted octanol–water partition coefficient (Wildman–Crippen LogP) is 3.44. The van der Waals surface area contributed by atoms with E-state index in [1.165, 1.54) is 4.90 Å². The lowest BCUT2D eigenvalue weighted by atomic mass is 9.99. The summed E-state index contributed by atoms with van der Waals surface area (Å²) in [5, 5.41) is 3.30. The minimum atomic E-state index is -0.267. The highest BCUT2D eigenvalue weighted by Crippen LogP contribution is 2.32. The van der Waals surface area contributed by atoms with Crippen LogP contribution < -0.4 is 5.32 Å². The van der Waals surface area contributed by atoms with E-state index in [-0.39, 0.29) is 11.8 Å². The lowest BCUT2D eigenvalue weighted by Crippen LogP contribution is -2.43. The van der Waals surface area contributed by atoms with Crippen LogP contribution in [0.15, 0.2) is 42.1 Å². The van der Waals surface area contributed by atoms with Gasteiger partial charge in [0.2, 0.25) is 0 Å². The molecule has 4 rings (SSSR count). The maximum atomic E-state index is 13.5. The first-order chi connectivity index (χ1) is 15.3. The predicted molar refractivity (Wildman–Crippen MR) is 126 cm³/mol. The minimum Gasteiger partial charge on any atom is -0.379 e. The number of nitrogens with zero attached hydrogens (tertiary/aromatic N) is 2. The summed E-state index contributed by atoms with van der Waals surface area (Å²) in [6.07, 6.45) is 0. The van der Waals surface area contributed by atoms with Gasteiger partial charge in [-0.2, -0.15) is 0 Å². The molecule has 0 bridgehead atoms. The molecular formula is C26H31N3O3. The van der Waals surface area contributed by atoms with Gasteiger partial charge in [0.15, 0.2) is 0 Å². The standard InChI is InChI=1S/C26H31N3O3/c1-17-5-8-22(20(4)15-17)27-24-23(21-7-6-18(2)19(3)16-21)25(30)29(26(24)31)10-9-28-11-13-32-14-12-28/h5-8,15-16,27H,9-14H2,1-4H3. The number of hydrogen-bond acceptors (Lipinski definition) is 5. The normalized spacial score (nSPS) is 17.4. The summed E-state index contributed by atoms with van der Waals surface area (Å²) in [6.45, 7) is 12.1. The zero-order valence-electron chi connectivity index (χ0n) is 19.3. The lowest BCUT2D eigenvalue weighted by molar-refractivity contribution is -0.137. The van der Waals surface area contributed by atoms with E-state index < -0.39 is 0 Å². The second kappa shape index (κ2) is 9.27. The van der Waals surface area contributed by atoms with Gasteiger partial charge in [-0.05, 0) is 56.0 Å². The van der Waals surface area contributed by atoms with Crippen molar-refractivity contribution in [1.82, 2.24) is 9.80 Å². The quantitative estimate of drug-likeness (QED) is 0.707. The summed E-state index contributed by atoms with van der Waals surface area (Å²) in [4.78, 5) is 30.5. The molecule has 2 heterocycles. The van der Waals surface area contributed by atoms with Crippen molar-refractivity contribution in [3.05, 3.63) is 69.9 Å². The number of morpholine rings is 1. The molecule has 1 fully saturated rings. The van der Waals surface area contributed by atoms with Crippen LogP contribution in [0.4, 0.5) is 5.69 Å². The number of carbonyl (C=O) groups is 2. The Morgan fingerprint density at radius 3 is 2.28 bits per heavy atom. The number of benzene rings is 2. The Morgan fingerprint density at radius 1 is 0.844 bits per heavy atom. The monoisotopic (exact) mass is 433 g/mol. The van der Waals surface area contributed by atoms with Crippen molar-refractivity contribution in [1.29, 1.82) is 0 Å². The van der Waals surface area contributed by atoms with Gasteiger partial charge in [0.05, 0.1) is 18.8 Å². The molecule has 0 spiro atoms. The van der Waals surface area contributed by atoms with Crippen LogP contribution in [0.2, 0.25) is 0 Å². The first kappa shape index (κ1) is 22.2. The maximum absolute atomic E-state index is 13.5. The van der Waals surface area contributed by atoms with Crippen LogP contribution in [-0.4, -0.2) is 61.0 Å². The Labute approximate surface area is 189 Å². The van der Waals surface area contributed by atoms with Crippen LogP contribution in [-0.2, 0) is 14.3 Å². The molecule has 6 heteroatoms. The van der Waals surface area contributed by atoms with Gasteiger partial charge in [0, 0.05) is 31.9 Å². The number of ether oxygens (including phenoxy) is 1. The molecule has 0 unspecified atom stereocenters. The van der Waals surface area contributed by atoms with Crippen molar-refractivity contribution in [3.8, 4) is 0 Å². The summed E-state index contributed by atoms with van der Waals surface area (Å²) in [5.41, 5.74) is 6.83. The fraction of sp³-hybridized carbons (Fsp3) is 0.385. The topological polar surface area (TPSA) is 61.9 Å². The van der Waals surface area contributed by atoms with Gasteiger partial charge in [-0.15, -0.1) is 0 Å². The average molecular weight is 434 g/mol. The molecule has 2 aliphatic rings. The Hall–Kier alpha value is -2.96. The summed E-state index contributed by atoms with van der Waals surface area (Å²) in [7, 11) is 0. The average Bonchev–Trinajstić information content (AvgIpc) is 3.00. The zero-order chi connectivity index (χ0) is 22.8. The molecule has 0 saturated carbocycles. The van der Waals surface area contributed by atoms with Crippen molar-refractivity contribution >= 4 is 23.1 Å². The highest BCUT2D eigenvalue weighted by Gasteiger charge is 2.39. The molecule has 2 aromatic rings. The van der Waals surface area contributed by atoms with Gasteiger partial charge in [-0.25, -0.2) is 0 Å². The second-order valence-electron chi connectivity index (χ2n) is 8.71. The van der Waals surface area contributed by atoms with Crippen molar-refractivity contribution in [3.63, 3.8) is 0 Å². The highest BCUT2D eigenvalue weighted by molar-refractivity contribution is 6.36. The molecule has 168 valence electrons. The molecule has 2 aromatic carbocycles. The van der Waals surface area contributed by atoms with Gasteiger partial charge >= 0.3 is 0 Å². The molecular weight excluding hydrogens is 402 g/mol. The minimum absolute atomic E-state index is 0.237. The molecule has 2 aliphatic heterocycles. The van der Waals surface area contributed by atoms with E-state index in [0.29, 0.717) is 37.6 Å². The number of rotatable bonds is 6. The van der Waals surface area contributed by atoms with Crippen molar-refractivity contribution in [2.24, 2.45) is 0 Å². The van der Waals surface area contributed by atoms with Crippen molar-refractivity contribution in [2.75, 3.05) is 44.7 Å². The van der Waals surface area contributed by atoms with Crippen LogP contribution >= 0.6 is 0 Å². The number of aryl methyl sites for hydroxylation is 4. The van der Waals surface area contributed by atoms with Crippen molar-refractivity contribution in [2.45, 2.75) is 27.7 Å². The Bertz CT molecular complexity index is 1080. The van der Waals surface area contributed by atoms with Gasteiger partial charge in [0.25, 0.3) is 11.8 Å². The molecule has 0 aromatic heterocycles. The van der Waals surface area contributed by atoms with Crippen molar-refractivity contribution < 1.29 is 14.3 Å². The van der Waals surface area contributed by atoms with E-state index in [1.807, 2.05) is 58.0 Å². The summed E-state index contributed by atoms with van der Waals surface area (Å²) < 4.78 is 5.41. The zero-order valence-corrected chi connectivity index (χ0v) is 19.3. The van der Waals surface area contributed by atoms with E-state index >= 15 is 0 Å². The lowest BCUT2D eigenvalue weighted by Gasteiger charge is -2.28. The van der Waals surface area contributed by atoms with E-state index in [4.69, 9.17) is 4.74 Å². The fourth-order valence-electron chi connectivity index (χ4n) is 4.21. The number of imide groups is 1. The molecule has 1 saturated heterocycles. The molecule has 6 nitrogen and oxygen atoms in total. The fourth-order valence-corrected chi connectivity index (χ4v) is 4.21. The molecule has 0 radical (unpaired) electrons.